The van der Waals surface area contributed by atoms with Crippen LogP contribution in [-0.4, -0.2) is 30.1 Å². The average molecular weight is 482 g/mol. The van der Waals surface area contributed by atoms with Crippen LogP contribution < -0.4 is 10.6 Å². The minimum absolute atomic E-state index is 0.0470. The van der Waals surface area contributed by atoms with Gasteiger partial charge in [0.05, 0.1) is 0 Å². The first-order valence-electron chi connectivity index (χ1n) is 12.5. The lowest BCUT2D eigenvalue weighted by Crippen LogP contribution is -2.38. The molecule has 1 aliphatic carbocycles. The van der Waals surface area contributed by atoms with Crippen molar-refractivity contribution in [3.05, 3.63) is 95.6 Å². The number of H-pyrrole nitrogens is 1. The lowest BCUT2D eigenvalue weighted by atomic mass is 9.79. The number of fused-ring (bicyclic) bond motifs is 1. The first-order chi connectivity index (χ1) is 17.6. The summed E-state index contributed by atoms with van der Waals surface area (Å²) in [6, 6.07) is 25.9. The van der Waals surface area contributed by atoms with E-state index in [1.54, 1.807) is 7.05 Å². The average Bonchev–Trinajstić information content (AvgIpc) is 3.31. The van der Waals surface area contributed by atoms with Gasteiger partial charge < -0.3 is 20.4 Å². The van der Waals surface area contributed by atoms with Crippen LogP contribution in [0.1, 0.15) is 53.1 Å². The molecule has 3 aromatic carbocycles. The van der Waals surface area contributed by atoms with Crippen LogP contribution in [0.4, 0.5) is 4.79 Å². The van der Waals surface area contributed by atoms with Crippen LogP contribution in [-0.2, 0) is 11.3 Å². The van der Waals surface area contributed by atoms with E-state index in [-0.39, 0.29) is 30.6 Å². The second-order valence-electron chi connectivity index (χ2n) is 9.39. The fraction of sp³-hybridized carbons (Fsp3) is 0.267. The first-order valence-corrected chi connectivity index (χ1v) is 12.5. The normalized spacial score (nSPS) is 17.5. The molecule has 4 aromatic rings. The Balaban J connectivity index is 1.39. The van der Waals surface area contributed by atoms with Crippen molar-refractivity contribution in [2.24, 2.45) is 0 Å². The van der Waals surface area contributed by atoms with Gasteiger partial charge in [0.2, 0.25) is 0 Å². The van der Waals surface area contributed by atoms with Crippen molar-refractivity contribution >= 4 is 22.9 Å². The summed E-state index contributed by atoms with van der Waals surface area (Å²) in [4.78, 5) is 28.4. The molecule has 3 N–H and O–H groups in total. The SMILES string of the molecule is CNC(=O)c1ccc2c(C3CCCC(NC(=O)OCc4ccccc4)C3)c(-c3ccccc3)[nH]c2c1. The summed E-state index contributed by atoms with van der Waals surface area (Å²) < 4.78 is 5.47. The van der Waals surface area contributed by atoms with Crippen molar-refractivity contribution in [1.82, 2.24) is 15.6 Å². The van der Waals surface area contributed by atoms with Crippen molar-refractivity contribution in [2.75, 3.05) is 7.05 Å². The molecule has 2 unspecified atom stereocenters. The summed E-state index contributed by atoms with van der Waals surface area (Å²) in [5.74, 6) is 0.165. The molecular weight excluding hydrogens is 450 g/mol. The van der Waals surface area contributed by atoms with Crippen molar-refractivity contribution in [1.29, 1.82) is 0 Å². The number of nitrogens with one attached hydrogen (secondary N) is 3. The van der Waals surface area contributed by atoms with Gasteiger partial charge in [-0.15, -0.1) is 0 Å². The van der Waals surface area contributed by atoms with Gasteiger partial charge in [0, 0.05) is 35.2 Å². The van der Waals surface area contributed by atoms with Crippen LogP contribution in [0.25, 0.3) is 22.2 Å². The molecule has 0 bridgehead atoms. The molecule has 2 amide bonds. The van der Waals surface area contributed by atoms with Crippen molar-refractivity contribution < 1.29 is 14.3 Å². The van der Waals surface area contributed by atoms with E-state index in [0.717, 1.165) is 53.4 Å². The maximum Gasteiger partial charge on any atom is 0.407 e. The number of hydrogen-bond acceptors (Lipinski definition) is 3. The number of aromatic nitrogens is 1. The summed E-state index contributed by atoms with van der Waals surface area (Å²) in [7, 11) is 1.64. The number of aromatic amines is 1. The molecule has 6 nitrogen and oxygen atoms in total. The highest BCUT2D eigenvalue weighted by Gasteiger charge is 2.29. The molecule has 36 heavy (non-hydrogen) atoms. The molecule has 0 radical (unpaired) electrons. The quantitative estimate of drug-likeness (QED) is 0.309. The van der Waals surface area contributed by atoms with E-state index in [9.17, 15) is 9.59 Å². The third kappa shape index (κ3) is 5.13. The Morgan fingerprint density at radius 3 is 2.47 bits per heavy atom. The van der Waals surface area contributed by atoms with E-state index in [1.807, 2.05) is 66.7 Å². The molecule has 2 atom stereocenters. The molecule has 1 aromatic heterocycles. The molecule has 1 aliphatic rings. The van der Waals surface area contributed by atoms with Crippen LogP contribution in [0, 0.1) is 0 Å². The van der Waals surface area contributed by atoms with E-state index in [1.165, 1.54) is 5.56 Å². The number of benzene rings is 3. The van der Waals surface area contributed by atoms with E-state index >= 15 is 0 Å². The second kappa shape index (κ2) is 10.7. The Hall–Kier alpha value is -4.06. The van der Waals surface area contributed by atoms with Crippen LogP contribution in [0.5, 0.6) is 0 Å². The van der Waals surface area contributed by atoms with Gasteiger partial charge in [0.1, 0.15) is 6.61 Å². The van der Waals surface area contributed by atoms with Gasteiger partial charge in [0.25, 0.3) is 5.91 Å². The third-order valence-electron chi connectivity index (χ3n) is 7.01. The molecule has 0 spiro atoms. The molecule has 5 rings (SSSR count). The largest absolute Gasteiger partial charge is 0.445 e. The lowest BCUT2D eigenvalue weighted by Gasteiger charge is -2.30. The summed E-state index contributed by atoms with van der Waals surface area (Å²) in [5, 5.41) is 6.92. The predicted molar refractivity (Wildman–Crippen MR) is 142 cm³/mol. The van der Waals surface area contributed by atoms with Gasteiger partial charge >= 0.3 is 6.09 Å². The molecular formula is C30H31N3O3. The van der Waals surface area contributed by atoms with Crippen molar-refractivity contribution in [3.63, 3.8) is 0 Å². The van der Waals surface area contributed by atoms with Gasteiger partial charge in [-0.25, -0.2) is 4.79 Å². The van der Waals surface area contributed by atoms with Gasteiger partial charge in [-0.1, -0.05) is 73.2 Å². The number of carbonyl (C=O) groups excluding carboxylic acids is 2. The van der Waals surface area contributed by atoms with Crippen LogP contribution in [0.2, 0.25) is 0 Å². The van der Waals surface area contributed by atoms with Crippen LogP contribution in [0.3, 0.4) is 0 Å². The minimum Gasteiger partial charge on any atom is -0.445 e. The van der Waals surface area contributed by atoms with E-state index in [2.05, 4.69) is 27.8 Å². The van der Waals surface area contributed by atoms with Gasteiger partial charge in [-0.3, -0.25) is 4.79 Å². The highest BCUT2D eigenvalue weighted by Crippen LogP contribution is 2.42. The predicted octanol–water partition coefficient (Wildman–Crippen LogP) is 6.15. The molecule has 1 fully saturated rings. The van der Waals surface area contributed by atoms with Gasteiger partial charge in [0.15, 0.2) is 0 Å². The number of amides is 2. The van der Waals surface area contributed by atoms with Gasteiger partial charge in [-0.2, -0.15) is 0 Å². The van der Waals surface area contributed by atoms with Crippen molar-refractivity contribution in [2.45, 2.75) is 44.2 Å². The highest BCUT2D eigenvalue weighted by molar-refractivity contribution is 6.00. The number of alkyl carbamates (subject to hydrolysis) is 1. The number of hydrogen-bond donors (Lipinski definition) is 3. The first kappa shape index (κ1) is 23.7. The second-order valence-corrected chi connectivity index (χ2v) is 9.39. The summed E-state index contributed by atoms with van der Waals surface area (Å²) in [6.45, 7) is 0.261. The van der Waals surface area contributed by atoms with E-state index < -0.39 is 0 Å². The molecule has 184 valence electrons. The Morgan fingerprint density at radius 2 is 1.72 bits per heavy atom. The number of rotatable bonds is 6. The molecule has 0 aliphatic heterocycles. The zero-order chi connectivity index (χ0) is 24.9. The topological polar surface area (TPSA) is 83.2 Å². The zero-order valence-corrected chi connectivity index (χ0v) is 20.4. The Labute approximate surface area is 211 Å². The van der Waals surface area contributed by atoms with E-state index in [0.29, 0.717) is 5.56 Å². The molecule has 1 heterocycles. The minimum atomic E-state index is -0.373. The summed E-state index contributed by atoms with van der Waals surface area (Å²) >= 11 is 0. The Bertz CT molecular complexity index is 1350. The van der Waals surface area contributed by atoms with Crippen LogP contribution >= 0.6 is 0 Å². The van der Waals surface area contributed by atoms with Crippen LogP contribution in [0.15, 0.2) is 78.9 Å². The Kier molecular flexibility index (Phi) is 7.03. The highest BCUT2D eigenvalue weighted by atomic mass is 16.5. The number of ether oxygens (including phenoxy) is 1. The molecule has 6 heteroatoms. The number of carbonyl (C=O) groups is 2. The standard InChI is InChI=1S/C30H31N3O3/c1-31-29(34)23-15-16-25-26(18-23)33-28(21-11-6-3-7-12-21)27(25)22-13-8-14-24(17-22)32-30(35)36-19-20-9-4-2-5-10-20/h2-7,9-12,15-16,18,22,24,33H,8,13-14,17,19H2,1H3,(H,31,34)(H,32,35). The van der Waals surface area contributed by atoms with Gasteiger partial charge in [-0.05, 0) is 54.0 Å². The lowest BCUT2D eigenvalue weighted by molar-refractivity contribution is 0.0963. The monoisotopic (exact) mass is 481 g/mol. The fourth-order valence-electron chi connectivity index (χ4n) is 5.28. The summed E-state index contributed by atoms with van der Waals surface area (Å²) in [6.07, 6.45) is 3.46. The summed E-state index contributed by atoms with van der Waals surface area (Å²) in [5.41, 5.74) is 5.99. The fourth-order valence-corrected chi connectivity index (χ4v) is 5.28. The Morgan fingerprint density at radius 1 is 0.972 bits per heavy atom. The molecule has 0 saturated heterocycles. The van der Waals surface area contributed by atoms with Crippen molar-refractivity contribution in [3.8, 4) is 11.3 Å². The zero-order valence-electron chi connectivity index (χ0n) is 20.4. The maximum absolute atomic E-state index is 12.5. The third-order valence-corrected chi connectivity index (χ3v) is 7.01. The maximum atomic E-state index is 12.5. The molecule has 1 saturated carbocycles. The van der Waals surface area contributed by atoms with E-state index in [4.69, 9.17) is 4.74 Å². The smallest absolute Gasteiger partial charge is 0.407 e.